The first-order chi connectivity index (χ1) is 3.80. The first-order valence-corrected chi connectivity index (χ1v) is 2.34. The van der Waals surface area contributed by atoms with Crippen molar-refractivity contribution in [3.05, 3.63) is 29.4 Å². The summed E-state index contributed by atoms with van der Waals surface area (Å²) in [4.78, 5) is 0. The number of hydrogen-bond donors (Lipinski definition) is 2. The van der Waals surface area contributed by atoms with Crippen LogP contribution in [0.25, 0.3) is 0 Å². The van der Waals surface area contributed by atoms with Crippen molar-refractivity contribution in [1.82, 2.24) is 0 Å². The summed E-state index contributed by atoms with van der Waals surface area (Å²) in [7, 11) is 0. The Balaban J connectivity index is 2.97. The van der Waals surface area contributed by atoms with E-state index in [1.165, 1.54) is 6.08 Å². The molecule has 0 saturated carbocycles. The highest BCUT2D eigenvalue weighted by Gasteiger charge is 1.98. The number of allylic oxidation sites excluding steroid dienone is 1. The van der Waals surface area contributed by atoms with Gasteiger partial charge in [0, 0.05) is 0 Å². The Hall–Kier alpha value is -1.14. The van der Waals surface area contributed by atoms with Gasteiger partial charge in [0.25, 0.3) is 0 Å². The molecule has 1 rings (SSSR count). The predicted molar refractivity (Wildman–Crippen MR) is 29.6 cm³/mol. The van der Waals surface area contributed by atoms with Crippen LogP contribution in [0.2, 0.25) is 0 Å². The van der Waals surface area contributed by atoms with Gasteiger partial charge in [-0.2, -0.15) is 0 Å². The number of aliphatic hydroxyl groups excluding tert-OH is 2. The maximum Gasteiger partial charge on any atom is 0.201 e. The Morgan fingerprint density at radius 2 is 2.25 bits per heavy atom. The lowest BCUT2D eigenvalue weighted by Crippen LogP contribution is -1.87. The van der Waals surface area contributed by atoms with Crippen molar-refractivity contribution >= 4 is 0 Å². The quantitative estimate of drug-likeness (QED) is 0.463. The molecule has 0 aliphatic heterocycles. The summed E-state index contributed by atoms with van der Waals surface area (Å²) >= 11 is 0. The van der Waals surface area contributed by atoms with E-state index in [1.54, 1.807) is 6.08 Å². The molecule has 0 unspecified atom stereocenters. The van der Waals surface area contributed by atoms with Gasteiger partial charge in [-0.3, -0.25) is 0 Å². The maximum atomic E-state index is 8.67. The van der Waals surface area contributed by atoms with Crippen LogP contribution in [0.3, 0.4) is 0 Å². The second-order valence-electron chi connectivity index (χ2n) is 1.52. The van der Waals surface area contributed by atoms with E-state index in [4.69, 9.17) is 10.2 Å². The summed E-state index contributed by atoms with van der Waals surface area (Å²) < 4.78 is 0. The summed E-state index contributed by atoms with van der Waals surface area (Å²) in [5, 5.41) is 17.3. The highest BCUT2D eigenvalue weighted by atomic mass is 16.3. The standard InChI is InChI=1S/C6H6O2/c7-5-3-1-2-4-6(5)8/h1,4,7-8H,2H2. The van der Waals surface area contributed by atoms with Crippen molar-refractivity contribution in [2.75, 3.05) is 0 Å². The van der Waals surface area contributed by atoms with Crippen molar-refractivity contribution in [3.63, 3.8) is 0 Å². The molecule has 0 aromatic carbocycles. The SMILES string of the molecule is OC1=C=CCC=C1O. The van der Waals surface area contributed by atoms with Crippen molar-refractivity contribution in [3.8, 4) is 0 Å². The van der Waals surface area contributed by atoms with E-state index in [-0.39, 0.29) is 11.5 Å². The highest BCUT2D eigenvalue weighted by Crippen LogP contribution is 2.06. The van der Waals surface area contributed by atoms with Crippen LogP contribution in [-0.4, -0.2) is 10.2 Å². The molecular weight excluding hydrogens is 104 g/mol. The zero-order chi connectivity index (χ0) is 5.98. The van der Waals surface area contributed by atoms with Crippen molar-refractivity contribution in [2.45, 2.75) is 6.42 Å². The summed E-state index contributed by atoms with van der Waals surface area (Å²) in [5.41, 5.74) is 2.46. The Kier molecular flexibility index (Phi) is 1.10. The molecule has 0 fully saturated rings. The second kappa shape index (κ2) is 1.76. The van der Waals surface area contributed by atoms with Gasteiger partial charge in [0.05, 0.1) is 0 Å². The van der Waals surface area contributed by atoms with Crippen LogP contribution in [-0.2, 0) is 0 Å². The monoisotopic (exact) mass is 110 g/mol. The molecule has 0 spiro atoms. The van der Waals surface area contributed by atoms with Gasteiger partial charge in [-0.05, 0) is 18.6 Å². The fourth-order valence-electron chi connectivity index (χ4n) is 0.497. The molecule has 0 saturated heterocycles. The van der Waals surface area contributed by atoms with Gasteiger partial charge in [0.1, 0.15) is 0 Å². The van der Waals surface area contributed by atoms with E-state index >= 15 is 0 Å². The molecule has 1 aliphatic carbocycles. The van der Waals surface area contributed by atoms with Crippen LogP contribution in [0.4, 0.5) is 0 Å². The number of aliphatic hydroxyl groups is 2. The molecule has 1 aliphatic rings. The topological polar surface area (TPSA) is 40.5 Å². The lowest BCUT2D eigenvalue weighted by atomic mass is 10.2. The summed E-state index contributed by atoms with van der Waals surface area (Å²) in [6.45, 7) is 0. The molecule has 0 aromatic rings. The van der Waals surface area contributed by atoms with Gasteiger partial charge in [-0.15, -0.1) is 0 Å². The smallest absolute Gasteiger partial charge is 0.201 e. The Bertz CT molecular complexity index is 183. The van der Waals surface area contributed by atoms with Crippen LogP contribution in [0.15, 0.2) is 29.4 Å². The minimum Gasteiger partial charge on any atom is -0.504 e. The minimum atomic E-state index is -0.170. The van der Waals surface area contributed by atoms with Gasteiger partial charge >= 0.3 is 0 Å². The maximum absolute atomic E-state index is 8.67. The van der Waals surface area contributed by atoms with Crippen LogP contribution in [0, 0.1) is 0 Å². The average molecular weight is 110 g/mol. The highest BCUT2D eigenvalue weighted by molar-refractivity contribution is 5.21. The Labute approximate surface area is 47.1 Å². The van der Waals surface area contributed by atoms with Crippen molar-refractivity contribution < 1.29 is 10.2 Å². The molecule has 0 atom stereocenters. The number of hydrogen-bond acceptors (Lipinski definition) is 2. The van der Waals surface area contributed by atoms with Crippen LogP contribution in [0.5, 0.6) is 0 Å². The third kappa shape index (κ3) is 0.745. The number of rotatable bonds is 0. The van der Waals surface area contributed by atoms with Gasteiger partial charge in [-0.1, -0.05) is 5.73 Å². The third-order valence-corrected chi connectivity index (χ3v) is 0.910. The fourth-order valence-corrected chi connectivity index (χ4v) is 0.497. The van der Waals surface area contributed by atoms with E-state index in [0.29, 0.717) is 6.42 Å². The molecule has 2 N–H and O–H groups in total. The third-order valence-electron chi connectivity index (χ3n) is 0.910. The minimum absolute atomic E-state index is 0.0764. The van der Waals surface area contributed by atoms with Crippen LogP contribution < -0.4 is 0 Å². The fraction of sp³-hybridized carbons (Fsp3) is 0.167. The summed E-state index contributed by atoms with van der Waals surface area (Å²) in [5.74, 6) is -0.247. The van der Waals surface area contributed by atoms with Crippen molar-refractivity contribution in [1.29, 1.82) is 0 Å². The Morgan fingerprint density at radius 1 is 1.50 bits per heavy atom. The van der Waals surface area contributed by atoms with E-state index in [0.717, 1.165) is 0 Å². The molecule has 0 bridgehead atoms. The van der Waals surface area contributed by atoms with E-state index < -0.39 is 0 Å². The molecule has 0 amide bonds. The zero-order valence-electron chi connectivity index (χ0n) is 4.26. The van der Waals surface area contributed by atoms with E-state index in [1.807, 2.05) is 0 Å². The largest absolute Gasteiger partial charge is 0.504 e. The average Bonchev–Trinajstić information content (AvgIpc) is 1.77. The predicted octanol–water partition coefficient (Wildman–Crippen LogP) is 1.43. The summed E-state index contributed by atoms with van der Waals surface area (Å²) in [6.07, 6.45) is 3.82. The summed E-state index contributed by atoms with van der Waals surface area (Å²) in [6, 6.07) is 0. The van der Waals surface area contributed by atoms with Gasteiger partial charge in [-0.25, -0.2) is 0 Å². The molecule has 2 heteroatoms. The molecule has 8 heavy (non-hydrogen) atoms. The normalized spacial score (nSPS) is 17.5. The van der Waals surface area contributed by atoms with Gasteiger partial charge in [0.2, 0.25) is 5.76 Å². The molecule has 0 heterocycles. The van der Waals surface area contributed by atoms with E-state index in [9.17, 15) is 0 Å². The lowest BCUT2D eigenvalue weighted by molar-refractivity contribution is 0.325. The lowest BCUT2D eigenvalue weighted by Gasteiger charge is -1.96. The van der Waals surface area contributed by atoms with Gasteiger partial charge < -0.3 is 10.2 Å². The molecule has 2 nitrogen and oxygen atoms in total. The molecule has 42 valence electrons. The van der Waals surface area contributed by atoms with Gasteiger partial charge in [0.15, 0.2) is 5.76 Å². The molecule has 0 radical (unpaired) electrons. The first-order valence-electron chi connectivity index (χ1n) is 2.34. The van der Waals surface area contributed by atoms with Crippen LogP contribution in [0.1, 0.15) is 6.42 Å². The van der Waals surface area contributed by atoms with E-state index in [2.05, 4.69) is 5.73 Å². The molecule has 0 aromatic heterocycles. The first kappa shape index (κ1) is 5.01. The van der Waals surface area contributed by atoms with Crippen molar-refractivity contribution in [2.24, 2.45) is 0 Å². The Morgan fingerprint density at radius 3 is 2.62 bits per heavy atom. The molecular formula is C6H6O2. The van der Waals surface area contributed by atoms with Crippen LogP contribution >= 0.6 is 0 Å². The second-order valence-corrected chi connectivity index (χ2v) is 1.52. The zero-order valence-corrected chi connectivity index (χ0v) is 4.26.